The summed E-state index contributed by atoms with van der Waals surface area (Å²) < 4.78 is 7.67. The van der Waals surface area contributed by atoms with Gasteiger partial charge < -0.3 is 10.1 Å². The molecule has 3 aromatic rings. The Morgan fingerprint density at radius 3 is 2.81 bits per heavy atom. The number of carbonyl (C=O) groups excluding carboxylic acids is 1. The van der Waals surface area contributed by atoms with Crippen LogP contribution in [0, 0.1) is 13.8 Å². The van der Waals surface area contributed by atoms with Crippen LogP contribution in [0.3, 0.4) is 0 Å². The molecule has 0 radical (unpaired) electrons. The molecule has 1 aromatic carbocycles. The number of nitrogens with zero attached hydrogens (tertiary/aromatic N) is 2. The number of aromatic nitrogens is 2. The first-order valence-electron chi connectivity index (χ1n) is 8.28. The van der Waals surface area contributed by atoms with E-state index in [4.69, 9.17) is 16.3 Å². The second kappa shape index (κ2) is 7.93. The molecule has 2 heterocycles. The van der Waals surface area contributed by atoms with Crippen molar-refractivity contribution in [1.82, 2.24) is 9.78 Å². The van der Waals surface area contributed by atoms with Crippen LogP contribution >= 0.6 is 22.9 Å². The normalized spacial score (nSPS) is 10.8. The van der Waals surface area contributed by atoms with Crippen molar-refractivity contribution < 1.29 is 9.53 Å². The summed E-state index contributed by atoms with van der Waals surface area (Å²) in [5.74, 6) is 1.19. The molecule has 1 N–H and O–H groups in total. The predicted molar refractivity (Wildman–Crippen MR) is 105 cm³/mol. The first-order valence-corrected chi connectivity index (χ1v) is 9.54. The van der Waals surface area contributed by atoms with Gasteiger partial charge in [0.25, 0.3) is 5.91 Å². The van der Waals surface area contributed by atoms with Gasteiger partial charge in [0.2, 0.25) is 0 Å². The summed E-state index contributed by atoms with van der Waals surface area (Å²) in [6.45, 7) is 7.10. The standard InChI is InChI=1S/C19H20ClN3O2S/c1-4-23-13(3)8-18(22-23)21-19(24)17-9-14(11-26-17)10-25-16-6-5-15(20)7-12(16)2/h5-9,11H,4,10H2,1-3H3,(H,21,22,24). The van der Waals surface area contributed by atoms with Crippen molar-refractivity contribution in [3.8, 4) is 5.75 Å². The molecule has 2 aromatic heterocycles. The number of carbonyl (C=O) groups is 1. The Bertz CT molecular complexity index is 933. The fourth-order valence-electron chi connectivity index (χ4n) is 2.58. The van der Waals surface area contributed by atoms with Crippen LogP contribution in [0.25, 0.3) is 0 Å². The highest BCUT2D eigenvalue weighted by Crippen LogP contribution is 2.24. The summed E-state index contributed by atoms with van der Waals surface area (Å²) >= 11 is 7.34. The highest BCUT2D eigenvalue weighted by Gasteiger charge is 2.12. The predicted octanol–water partition coefficient (Wildman–Crippen LogP) is 5.07. The Morgan fingerprint density at radius 2 is 2.12 bits per heavy atom. The first-order chi connectivity index (χ1) is 12.5. The number of benzene rings is 1. The molecule has 3 rings (SSSR count). The molecule has 0 atom stereocenters. The minimum atomic E-state index is -0.162. The molecular formula is C19H20ClN3O2S. The molecule has 0 saturated heterocycles. The van der Waals surface area contributed by atoms with Crippen LogP contribution in [0.5, 0.6) is 5.75 Å². The fourth-order valence-corrected chi connectivity index (χ4v) is 3.59. The van der Waals surface area contributed by atoms with Gasteiger partial charge in [-0.15, -0.1) is 11.3 Å². The van der Waals surface area contributed by atoms with Gasteiger partial charge >= 0.3 is 0 Å². The Balaban J connectivity index is 1.62. The largest absolute Gasteiger partial charge is 0.489 e. The quantitative estimate of drug-likeness (QED) is 0.640. The third kappa shape index (κ3) is 4.26. The number of amides is 1. The van der Waals surface area contributed by atoms with Crippen molar-refractivity contribution in [2.45, 2.75) is 33.9 Å². The smallest absolute Gasteiger partial charge is 0.266 e. The molecule has 1 amide bonds. The van der Waals surface area contributed by atoms with E-state index >= 15 is 0 Å². The van der Waals surface area contributed by atoms with Crippen LogP contribution in [-0.2, 0) is 13.2 Å². The van der Waals surface area contributed by atoms with Crippen LogP contribution in [0.2, 0.25) is 5.02 Å². The summed E-state index contributed by atoms with van der Waals surface area (Å²) in [6, 6.07) is 9.22. The molecule has 0 fully saturated rings. The molecule has 136 valence electrons. The van der Waals surface area contributed by atoms with E-state index in [2.05, 4.69) is 10.4 Å². The maximum atomic E-state index is 12.4. The molecule has 7 heteroatoms. The van der Waals surface area contributed by atoms with Crippen molar-refractivity contribution in [2.75, 3.05) is 5.32 Å². The van der Waals surface area contributed by atoms with Gasteiger partial charge in [-0.25, -0.2) is 0 Å². The van der Waals surface area contributed by atoms with Gasteiger partial charge in [0, 0.05) is 28.9 Å². The number of halogens is 1. The zero-order valence-electron chi connectivity index (χ0n) is 14.9. The van der Waals surface area contributed by atoms with E-state index in [0.29, 0.717) is 22.3 Å². The minimum Gasteiger partial charge on any atom is -0.489 e. The molecule has 0 saturated carbocycles. The minimum absolute atomic E-state index is 0.162. The molecular weight excluding hydrogens is 370 g/mol. The van der Waals surface area contributed by atoms with E-state index in [1.165, 1.54) is 11.3 Å². The number of rotatable bonds is 6. The summed E-state index contributed by atoms with van der Waals surface area (Å²) in [4.78, 5) is 13.0. The van der Waals surface area contributed by atoms with E-state index in [1.54, 1.807) is 6.07 Å². The highest BCUT2D eigenvalue weighted by molar-refractivity contribution is 7.12. The van der Waals surface area contributed by atoms with E-state index in [1.807, 2.05) is 55.1 Å². The number of thiophene rings is 1. The molecule has 0 bridgehead atoms. The Kier molecular flexibility index (Phi) is 5.64. The molecule has 0 unspecified atom stereocenters. The summed E-state index contributed by atoms with van der Waals surface area (Å²) in [5.41, 5.74) is 2.94. The van der Waals surface area contributed by atoms with Gasteiger partial charge in [-0.2, -0.15) is 5.10 Å². The first kappa shape index (κ1) is 18.5. The van der Waals surface area contributed by atoms with Crippen LogP contribution < -0.4 is 10.1 Å². The van der Waals surface area contributed by atoms with Crippen molar-refractivity contribution in [3.63, 3.8) is 0 Å². The van der Waals surface area contributed by atoms with E-state index in [0.717, 1.165) is 29.1 Å². The summed E-state index contributed by atoms with van der Waals surface area (Å²) in [7, 11) is 0. The van der Waals surface area contributed by atoms with Crippen molar-refractivity contribution in [2.24, 2.45) is 0 Å². The van der Waals surface area contributed by atoms with Crippen LogP contribution in [0.1, 0.15) is 33.4 Å². The SMILES string of the molecule is CCn1nc(NC(=O)c2cc(COc3ccc(Cl)cc3C)cs2)cc1C. The number of aryl methyl sites for hydroxylation is 3. The molecule has 0 aliphatic heterocycles. The lowest BCUT2D eigenvalue weighted by molar-refractivity contribution is 0.103. The second-order valence-corrected chi connectivity index (χ2v) is 7.31. The van der Waals surface area contributed by atoms with E-state index in [9.17, 15) is 4.79 Å². The lowest BCUT2D eigenvalue weighted by Crippen LogP contribution is -2.11. The Morgan fingerprint density at radius 1 is 1.31 bits per heavy atom. The number of nitrogens with one attached hydrogen (secondary N) is 1. The second-order valence-electron chi connectivity index (χ2n) is 5.96. The van der Waals surface area contributed by atoms with Gasteiger partial charge in [-0.05, 0) is 56.0 Å². The number of ether oxygens (including phenoxy) is 1. The van der Waals surface area contributed by atoms with Crippen LogP contribution in [0.4, 0.5) is 5.82 Å². The highest BCUT2D eigenvalue weighted by atomic mass is 35.5. The van der Waals surface area contributed by atoms with E-state index in [-0.39, 0.29) is 5.91 Å². The lowest BCUT2D eigenvalue weighted by atomic mass is 10.2. The summed E-state index contributed by atoms with van der Waals surface area (Å²) in [6.07, 6.45) is 0. The third-order valence-corrected chi connectivity index (χ3v) is 5.14. The van der Waals surface area contributed by atoms with Gasteiger partial charge in [-0.1, -0.05) is 11.6 Å². The zero-order chi connectivity index (χ0) is 18.7. The van der Waals surface area contributed by atoms with E-state index < -0.39 is 0 Å². The van der Waals surface area contributed by atoms with Crippen molar-refractivity contribution >= 4 is 34.7 Å². The monoisotopic (exact) mass is 389 g/mol. The number of anilines is 1. The summed E-state index contributed by atoms with van der Waals surface area (Å²) in [5, 5.41) is 9.80. The van der Waals surface area contributed by atoms with Gasteiger partial charge in [0.1, 0.15) is 12.4 Å². The molecule has 5 nitrogen and oxygen atoms in total. The maximum Gasteiger partial charge on any atom is 0.266 e. The third-order valence-electron chi connectivity index (χ3n) is 3.93. The number of hydrogen-bond acceptors (Lipinski definition) is 4. The average Bonchev–Trinajstić information content (AvgIpc) is 3.20. The Hall–Kier alpha value is -2.31. The maximum absolute atomic E-state index is 12.4. The van der Waals surface area contributed by atoms with Gasteiger partial charge in [0.15, 0.2) is 5.82 Å². The molecule has 0 aliphatic carbocycles. The lowest BCUT2D eigenvalue weighted by Gasteiger charge is -2.08. The Labute approximate surface area is 161 Å². The molecule has 26 heavy (non-hydrogen) atoms. The molecule has 0 aliphatic rings. The number of hydrogen-bond donors (Lipinski definition) is 1. The topological polar surface area (TPSA) is 56.2 Å². The van der Waals surface area contributed by atoms with Crippen LogP contribution in [0.15, 0.2) is 35.7 Å². The van der Waals surface area contributed by atoms with Crippen molar-refractivity contribution in [1.29, 1.82) is 0 Å². The molecule has 0 spiro atoms. The fraction of sp³-hybridized carbons (Fsp3) is 0.263. The average molecular weight is 390 g/mol. The van der Waals surface area contributed by atoms with Crippen LogP contribution in [-0.4, -0.2) is 15.7 Å². The zero-order valence-corrected chi connectivity index (χ0v) is 16.4. The van der Waals surface area contributed by atoms with Gasteiger partial charge in [-0.3, -0.25) is 9.48 Å². The van der Waals surface area contributed by atoms with Crippen molar-refractivity contribution in [3.05, 3.63) is 62.4 Å². The van der Waals surface area contributed by atoms with Gasteiger partial charge in [0.05, 0.1) is 4.88 Å².